The SMILES string of the molecule is Cc1ccnc(NC(=O)CCSc2ccc(Cl)cc2)c1. The van der Waals surface area contributed by atoms with Crippen LogP contribution in [0, 0.1) is 6.92 Å². The zero-order chi connectivity index (χ0) is 14.4. The quantitative estimate of drug-likeness (QED) is 0.843. The van der Waals surface area contributed by atoms with Crippen molar-refractivity contribution in [3.63, 3.8) is 0 Å². The third-order valence-corrected chi connectivity index (χ3v) is 3.86. The molecular weight excluding hydrogens is 292 g/mol. The first-order valence-electron chi connectivity index (χ1n) is 6.24. The van der Waals surface area contributed by atoms with Crippen LogP contribution in [0.2, 0.25) is 5.02 Å². The zero-order valence-corrected chi connectivity index (χ0v) is 12.7. The molecule has 20 heavy (non-hydrogen) atoms. The van der Waals surface area contributed by atoms with E-state index >= 15 is 0 Å². The maximum atomic E-state index is 11.8. The molecule has 0 spiro atoms. The van der Waals surface area contributed by atoms with Crippen LogP contribution < -0.4 is 5.32 Å². The van der Waals surface area contributed by atoms with Crippen molar-refractivity contribution in [2.45, 2.75) is 18.2 Å². The van der Waals surface area contributed by atoms with Gasteiger partial charge < -0.3 is 5.32 Å². The van der Waals surface area contributed by atoms with Gasteiger partial charge in [0.1, 0.15) is 5.82 Å². The van der Waals surface area contributed by atoms with Crippen molar-refractivity contribution >= 4 is 35.1 Å². The minimum Gasteiger partial charge on any atom is -0.311 e. The summed E-state index contributed by atoms with van der Waals surface area (Å²) in [4.78, 5) is 17.0. The second-order valence-corrected chi connectivity index (χ2v) is 5.92. The zero-order valence-electron chi connectivity index (χ0n) is 11.1. The summed E-state index contributed by atoms with van der Waals surface area (Å²) in [6.45, 7) is 1.97. The minimum absolute atomic E-state index is 0.0236. The highest BCUT2D eigenvalue weighted by Crippen LogP contribution is 2.21. The first-order chi connectivity index (χ1) is 9.63. The number of nitrogens with one attached hydrogen (secondary N) is 1. The van der Waals surface area contributed by atoms with Crippen LogP contribution in [0.5, 0.6) is 0 Å². The van der Waals surface area contributed by atoms with Gasteiger partial charge in [0.05, 0.1) is 0 Å². The molecule has 0 bridgehead atoms. The monoisotopic (exact) mass is 306 g/mol. The number of carbonyl (C=O) groups excluding carboxylic acids is 1. The maximum absolute atomic E-state index is 11.8. The molecule has 2 aromatic rings. The molecule has 0 aliphatic heterocycles. The number of halogens is 1. The van der Waals surface area contributed by atoms with Crippen LogP contribution in [0.3, 0.4) is 0 Å². The molecule has 0 radical (unpaired) electrons. The third kappa shape index (κ3) is 4.87. The molecule has 0 unspecified atom stereocenters. The number of pyridine rings is 1. The van der Waals surface area contributed by atoms with Crippen LogP contribution in [-0.4, -0.2) is 16.6 Å². The van der Waals surface area contributed by atoms with Gasteiger partial charge in [-0.25, -0.2) is 4.98 Å². The Kier molecular flexibility index (Phi) is 5.44. The van der Waals surface area contributed by atoms with Gasteiger partial charge in [0.2, 0.25) is 5.91 Å². The molecule has 5 heteroatoms. The van der Waals surface area contributed by atoms with Gasteiger partial charge in [-0.2, -0.15) is 0 Å². The summed E-state index contributed by atoms with van der Waals surface area (Å²) in [5, 5.41) is 3.51. The number of aryl methyl sites for hydroxylation is 1. The number of hydrogen-bond donors (Lipinski definition) is 1. The van der Waals surface area contributed by atoms with E-state index in [1.807, 2.05) is 43.3 Å². The van der Waals surface area contributed by atoms with Crippen molar-refractivity contribution < 1.29 is 4.79 Å². The largest absolute Gasteiger partial charge is 0.311 e. The topological polar surface area (TPSA) is 42.0 Å². The van der Waals surface area contributed by atoms with Crippen molar-refractivity contribution in [3.05, 3.63) is 53.2 Å². The number of carbonyl (C=O) groups is 1. The van der Waals surface area contributed by atoms with Crippen molar-refractivity contribution in [1.29, 1.82) is 0 Å². The van der Waals surface area contributed by atoms with Crippen molar-refractivity contribution in [2.75, 3.05) is 11.1 Å². The fourth-order valence-corrected chi connectivity index (χ4v) is 2.58. The molecule has 1 heterocycles. The van der Waals surface area contributed by atoms with Gasteiger partial charge in [-0.15, -0.1) is 11.8 Å². The molecule has 3 nitrogen and oxygen atoms in total. The van der Waals surface area contributed by atoms with E-state index in [4.69, 9.17) is 11.6 Å². The maximum Gasteiger partial charge on any atom is 0.226 e. The van der Waals surface area contributed by atoms with E-state index in [0.717, 1.165) is 21.2 Å². The molecule has 0 fully saturated rings. The Labute approximate surface area is 127 Å². The Morgan fingerprint density at radius 2 is 2.05 bits per heavy atom. The number of benzene rings is 1. The summed E-state index contributed by atoms with van der Waals surface area (Å²) in [5.74, 6) is 1.30. The second-order valence-electron chi connectivity index (χ2n) is 4.32. The van der Waals surface area contributed by atoms with Crippen LogP contribution in [0.1, 0.15) is 12.0 Å². The number of hydrogen-bond acceptors (Lipinski definition) is 3. The van der Waals surface area contributed by atoms with E-state index in [9.17, 15) is 4.79 Å². The first kappa shape index (κ1) is 14.9. The van der Waals surface area contributed by atoms with Crippen molar-refractivity contribution in [3.8, 4) is 0 Å². The molecule has 1 aromatic heterocycles. The number of amides is 1. The second kappa shape index (κ2) is 7.31. The number of nitrogens with zero attached hydrogens (tertiary/aromatic N) is 1. The number of anilines is 1. The van der Waals surface area contributed by atoms with Crippen LogP contribution in [0.15, 0.2) is 47.5 Å². The normalized spacial score (nSPS) is 10.3. The van der Waals surface area contributed by atoms with Crippen molar-refractivity contribution in [2.24, 2.45) is 0 Å². The standard InChI is InChI=1S/C15H15ClN2OS/c1-11-6-8-17-14(10-11)18-15(19)7-9-20-13-4-2-12(16)3-5-13/h2-6,8,10H,7,9H2,1H3,(H,17,18,19). The average molecular weight is 307 g/mol. The van der Waals surface area contributed by atoms with Gasteiger partial charge in [-0.05, 0) is 48.9 Å². The van der Waals surface area contributed by atoms with E-state index in [1.54, 1.807) is 18.0 Å². The predicted octanol–water partition coefficient (Wildman–Crippen LogP) is 4.16. The van der Waals surface area contributed by atoms with E-state index in [-0.39, 0.29) is 5.91 Å². The Bertz CT molecular complexity index is 587. The Morgan fingerprint density at radius 3 is 2.75 bits per heavy atom. The van der Waals surface area contributed by atoms with Gasteiger partial charge in [0.15, 0.2) is 0 Å². The number of rotatable bonds is 5. The van der Waals surface area contributed by atoms with E-state index in [1.165, 1.54) is 0 Å². The van der Waals surface area contributed by atoms with Crippen molar-refractivity contribution in [1.82, 2.24) is 4.98 Å². The molecule has 0 aliphatic rings. The Morgan fingerprint density at radius 1 is 1.30 bits per heavy atom. The van der Waals surface area contributed by atoms with Crippen LogP contribution >= 0.6 is 23.4 Å². The van der Waals surface area contributed by atoms with E-state index in [2.05, 4.69) is 10.3 Å². The summed E-state index contributed by atoms with van der Waals surface area (Å²) in [6.07, 6.45) is 2.14. The number of aromatic nitrogens is 1. The van der Waals surface area contributed by atoms with Gasteiger partial charge in [0.25, 0.3) is 0 Å². The molecule has 0 saturated carbocycles. The highest BCUT2D eigenvalue weighted by molar-refractivity contribution is 7.99. The Balaban J connectivity index is 1.76. The van der Waals surface area contributed by atoms with Gasteiger partial charge in [-0.1, -0.05) is 11.6 Å². The predicted molar refractivity (Wildman–Crippen MR) is 84.4 cm³/mol. The lowest BCUT2D eigenvalue weighted by Gasteiger charge is -2.05. The summed E-state index contributed by atoms with van der Waals surface area (Å²) in [5.41, 5.74) is 1.07. The summed E-state index contributed by atoms with van der Waals surface area (Å²) in [6, 6.07) is 11.3. The molecule has 0 atom stereocenters. The van der Waals surface area contributed by atoms with Crippen LogP contribution in [-0.2, 0) is 4.79 Å². The van der Waals surface area contributed by atoms with Gasteiger partial charge >= 0.3 is 0 Å². The molecule has 1 N–H and O–H groups in total. The fourth-order valence-electron chi connectivity index (χ4n) is 1.60. The molecule has 1 amide bonds. The molecule has 2 rings (SSSR count). The lowest BCUT2D eigenvalue weighted by atomic mass is 10.3. The molecule has 0 aliphatic carbocycles. The fraction of sp³-hybridized carbons (Fsp3) is 0.200. The highest BCUT2D eigenvalue weighted by Gasteiger charge is 2.04. The summed E-state index contributed by atoms with van der Waals surface area (Å²) < 4.78 is 0. The van der Waals surface area contributed by atoms with E-state index in [0.29, 0.717) is 12.2 Å². The van der Waals surface area contributed by atoms with E-state index < -0.39 is 0 Å². The third-order valence-electron chi connectivity index (χ3n) is 2.59. The summed E-state index contributed by atoms with van der Waals surface area (Å²) in [7, 11) is 0. The van der Waals surface area contributed by atoms with Crippen LogP contribution in [0.25, 0.3) is 0 Å². The molecule has 0 saturated heterocycles. The lowest BCUT2D eigenvalue weighted by Crippen LogP contribution is -2.13. The summed E-state index contributed by atoms with van der Waals surface area (Å²) >= 11 is 7.45. The average Bonchev–Trinajstić information content (AvgIpc) is 2.41. The van der Waals surface area contributed by atoms with Gasteiger partial charge in [-0.3, -0.25) is 4.79 Å². The van der Waals surface area contributed by atoms with Crippen LogP contribution in [0.4, 0.5) is 5.82 Å². The molecule has 104 valence electrons. The number of thioether (sulfide) groups is 1. The molecular formula is C15H15ClN2OS. The minimum atomic E-state index is -0.0236. The lowest BCUT2D eigenvalue weighted by molar-refractivity contribution is -0.115. The molecule has 1 aromatic carbocycles. The highest BCUT2D eigenvalue weighted by atomic mass is 35.5. The smallest absolute Gasteiger partial charge is 0.226 e. The Hall–Kier alpha value is -1.52. The first-order valence-corrected chi connectivity index (χ1v) is 7.61. The van der Waals surface area contributed by atoms with Gasteiger partial charge in [0, 0.05) is 28.3 Å².